The lowest BCUT2D eigenvalue weighted by Crippen LogP contribution is -2.32. The van der Waals surface area contributed by atoms with Gasteiger partial charge in [-0.2, -0.15) is 0 Å². The molecule has 2 amide bonds. The second kappa shape index (κ2) is 6.35. The average molecular weight is 410 g/mol. The standard InChI is InChI=1S/C20H14N2O4S2/c23-12-9-5-4-8-11(12)13-14-16(27-17-15(13)28-20(26)21-17)19(25)22(18(14)24)10-6-2-1-3-7-10/h1-9,13-14,16,23H,(H,21,26). The molecule has 2 aromatic carbocycles. The molecule has 2 N–H and O–H groups in total. The number of amides is 2. The lowest BCUT2D eigenvalue weighted by atomic mass is 9.82. The number of fused-ring (bicyclic) bond motifs is 2. The molecule has 5 rings (SSSR count). The number of hydrogen-bond donors (Lipinski definition) is 2. The SMILES string of the molecule is O=C1C2Sc3[nH]c(=O)sc3C(c3ccccc3O)C2C(=O)N1c1ccccc1. The van der Waals surface area contributed by atoms with Crippen LogP contribution in [0.25, 0.3) is 0 Å². The molecule has 3 unspecified atom stereocenters. The summed E-state index contributed by atoms with van der Waals surface area (Å²) in [6.07, 6.45) is 0. The summed E-state index contributed by atoms with van der Waals surface area (Å²) in [5.41, 5.74) is 1.07. The van der Waals surface area contributed by atoms with Crippen LogP contribution in [0.2, 0.25) is 0 Å². The van der Waals surface area contributed by atoms with Crippen LogP contribution in [0.3, 0.4) is 0 Å². The summed E-state index contributed by atoms with van der Waals surface area (Å²) in [6.45, 7) is 0. The highest BCUT2D eigenvalue weighted by atomic mass is 32.2. The van der Waals surface area contributed by atoms with Crippen molar-refractivity contribution < 1.29 is 14.7 Å². The van der Waals surface area contributed by atoms with Gasteiger partial charge in [-0.15, -0.1) is 0 Å². The van der Waals surface area contributed by atoms with Gasteiger partial charge in [0.2, 0.25) is 11.8 Å². The van der Waals surface area contributed by atoms with Gasteiger partial charge in [0.15, 0.2) is 0 Å². The van der Waals surface area contributed by atoms with E-state index in [0.717, 1.165) is 11.3 Å². The van der Waals surface area contributed by atoms with Crippen LogP contribution in [0.15, 0.2) is 64.4 Å². The molecule has 140 valence electrons. The molecule has 1 aromatic heterocycles. The van der Waals surface area contributed by atoms with E-state index in [1.165, 1.54) is 16.7 Å². The van der Waals surface area contributed by atoms with E-state index >= 15 is 0 Å². The van der Waals surface area contributed by atoms with Crippen LogP contribution in [0, 0.1) is 5.92 Å². The number of phenolic OH excluding ortho intramolecular Hbond substituents is 1. The summed E-state index contributed by atoms with van der Waals surface area (Å²) in [5.74, 6) is -1.82. The number of carbonyl (C=O) groups is 2. The Hall–Kier alpha value is -2.84. The highest BCUT2D eigenvalue weighted by Gasteiger charge is 2.56. The Labute approximate surface area is 167 Å². The van der Waals surface area contributed by atoms with Gasteiger partial charge in [-0.1, -0.05) is 59.5 Å². The summed E-state index contributed by atoms with van der Waals surface area (Å²) >= 11 is 2.25. The molecule has 0 spiro atoms. The number of aromatic amines is 1. The van der Waals surface area contributed by atoms with Gasteiger partial charge in [0.05, 0.1) is 16.6 Å². The Balaban J connectivity index is 1.69. The Morgan fingerprint density at radius 3 is 2.39 bits per heavy atom. The molecule has 2 aliphatic heterocycles. The third kappa shape index (κ3) is 2.45. The highest BCUT2D eigenvalue weighted by molar-refractivity contribution is 8.00. The minimum absolute atomic E-state index is 0.0448. The Morgan fingerprint density at radius 2 is 1.64 bits per heavy atom. The molecule has 1 fully saturated rings. The van der Waals surface area contributed by atoms with Crippen LogP contribution >= 0.6 is 23.1 Å². The second-order valence-electron chi connectivity index (χ2n) is 6.66. The number of anilines is 1. The fourth-order valence-electron chi connectivity index (χ4n) is 3.93. The quantitative estimate of drug-likeness (QED) is 0.634. The Bertz CT molecular complexity index is 1150. The number of thiazole rings is 1. The molecule has 0 bridgehead atoms. The first-order chi connectivity index (χ1) is 13.6. The normalized spacial score (nSPS) is 23.6. The van der Waals surface area contributed by atoms with E-state index in [-0.39, 0.29) is 22.4 Å². The zero-order valence-electron chi connectivity index (χ0n) is 14.4. The van der Waals surface area contributed by atoms with E-state index in [1.54, 1.807) is 48.5 Å². The predicted molar refractivity (Wildman–Crippen MR) is 107 cm³/mol. The number of phenols is 1. The van der Waals surface area contributed by atoms with Crippen molar-refractivity contribution in [3.05, 3.63) is 74.7 Å². The molecule has 8 heteroatoms. The molecule has 28 heavy (non-hydrogen) atoms. The first kappa shape index (κ1) is 17.3. The van der Waals surface area contributed by atoms with Crippen molar-refractivity contribution in [1.82, 2.24) is 4.98 Å². The number of H-pyrrole nitrogens is 1. The van der Waals surface area contributed by atoms with Gasteiger partial charge >= 0.3 is 4.87 Å². The number of nitrogens with one attached hydrogen (secondary N) is 1. The fraction of sp³-hybridized carbons (Fsp3) is 0.150. The van der Waals surface area contributed by atoms with Crippen LogP contribution in [0.4, 0.5) is 5.69 Å². The van der Waals surface area contributed by atoms with Gasteiger partial charge in [-0.05, 0) is 18.2 Å². The first-order valence-electron chi connectivity index (χ1n) is 8.66. The molecular formula is C20H14N2O4S2. The number of aromatic hydroxyl groups is 1. The summed E-state index contributed by atoms with van der Waals surface area (Å²) in [4.78, 5) is 43.0. The van der Waals surface area contributed by atoms with Crippen molar-refractivity contribution in [2.24, 2.45) is 5.92 Å². The van der Waals surface area contributed by atoms with Gasteiger partial charge in [0, 0.05) is 16.4 Å². The van der Waals surface area contributed by atoms with E-state index < -0.39 is 17.1 Å². The lowest BCUT2D eigenvalue weighted by molar-refractivity contribution is -0.122. The maximum absolute atomic E-state index is 13.4. The van der Waals surface area contributed by atoms with Crippen molar-refractivity contribution >= 4 is 40.6 Å². The van der Waals surface area contributed by atoms with Crippen molar-refractivity contribution in [3.63, 3.8) is 0 Å². The molecule has 0 aliphatic carbocycles. The maximum atomic E-state index is 13.4. The summed E-state index contributed by atoms with van der Waals surface area (Å²) in [5, 5.41) is 10.4. The van der Waals surface area contributed by atoms with Crippen LogP contribution in [0.5, 0.6) is 5.75 Å². The molecule has 6 nitrogen and oxygen atoms in total. The molecule has 3 atom stereocenters. The van der Waals surface area contributed by atoms with Gasteiger partial charge in [-0.25, -0.2) is 4.90 Å². The van der Waals surface area contributed by atoms with E-state index in [0.29, 0.717) is 21.2 Å². The molecule has 0 radical (unpaired) electrons. The lowest BCUT2D eigenvalue weighted by Gasteiger charge is -2.30. The average Bonchev–Trinajstić information content (AvgIpc) is 3.18. The zero-order chi connectivity index (χ0) is 19.4. The smallest absolute Gasteiger partial charge is 0.305 e. The van der Waals surface area contributed by atoms with Crippen molar-refractivity contribution in [3.8, 4) is 5.75 Å². The molecule has 3 heterocycles. The van der Waals surface area contributed by atoms with Gasteiger partial charge in [-0.3, -0.25) is 14.4 Å². The molecule has 0 saturated carbocycles. The minimum atomic E-state index is -0.690. The van der Waals surface area contributed by atoms with Crippen LogP contribution < -0.4 is 9.77 Å². The second-order valence-corrected chi connectivity index (χ2v) is 8.82. The minimum Gasteiger partial charge on any atom is -0.508 e. The number of benzene rings is 2. The largest absolute Gasteiger partial charge is 0.508 e. The molecule has 3 aromatic rings. The number of thioether (sulfide) groups is 1. The molecular weight excluding hydrogens is 396 g/mol. The Morgan fingerprint density at radius 1 is 0.929 bits per heavy atom. The van der Waals surface area contributed by atoms with E-state index in [1.807, 2.05) is 6.07 Å². The van der Waals surface area contributed by atoms with Gasteiger partial charge in [0.25, 0.3) is 0 Å². The van der Waals surface area contributed by atoms with E-state index in [4.69, 9.17) is 0 Å². The number of nitrogens with zero attached hydrogens (tertiary/aromatic N) is 1. The maximum Gasteiger partial charge on any atom is 0.305 e. The third-order valence-electron chi connectivity index (χ3n) is 5.11. The molecule has 1 saturated heterocycles. The summed E-state index contributed by atoms with van der Waals surface area (Å²) in [7, 11) is 0. The van der Waals surface area contributed by atoms with Gasteiger partial charge in [0.1, 0.15) is 11.0 Å². The Kier molecular flexibility index (Phi) is 3.92. The zero-order valence-corrected chi connectivity index (χ0v) is 16.0. The van der Waals surface area contributed by atoms with Gasteiger partial charge < -0.3 is 10.1 Å². The van der Waals surface area contributed by atoms with E-state index in [9.17, 15) is 19.5 Å². The van der Waals surface area contributed by atoms with Crippen molar-refractivity contribution in [2.75, 3.05) is 4.90 Å². The number of aromatic nitrogens is 1. The summed E-state index contributed by atoms with van der Waals surface area (Å²) < 4.78 is 0. The van der Waals surface area contributed by atoms with Crippen molar-refractivity contribution in [1.29, 1.82) is 0 Å². The van der Waals surface area contributed by atoms with E-state index in [2.05, 4.69) is 4.98 Å². The number of carbonyl (C=O) groups excluding carboxylic acids is 2. The number of imide groups is 1. The predicted octanol–water partition coefficient (Wildman–Crippen LogP) is 2.94. The number of rotatable bonds is 2. The van der Waals surface area contributed by atoms with Crippen LogP contribution in [0.1, 0.15) is 16.4 Å². The van der Waals surface area contributed by atoms with Crippen LogP contribution in [-0.2, 0) is 9.59 Å². The number of hydrogen-bond acceptors (Lipinski definition) is 6. The summed E-state index contributed by atoms with van der Waals surface area (Å²) in [6, 6.07) is 15.6. The van der Waals surface area contributed by atoms with Crippen molar-refractivity contribution in [2.45, 2.75) is 16.2 Å². The monoisotopic (exact) mass is 410 g/mol. The first-order valence-corrected chi connectivity index (χ1v) is 10.4. The van der Waals surface area contributed by atoms with Crippen LogP contribution in [-0.4, -0.2) is 27.2 Å². The third-order valence-corrected chi connectivity index (χ3v) is 7.51. The number of para-hydroxylation sites is 2. The molecule has 2 aliphatic rings. The topological polar surface area (TPSA) is 90.5 Å². The highest BCUT2D eigenvalue weighted by Crippen LogP contribution is 2.54. The fourth-order valence-corrected chi connectivity index (χ4v) is 6.44.